The molecule has 0 amide bonds. The molecule has 2 nitrogen and oxygen atoms in total. The van der Waals surface area contributed by atoms with Gasteiger partial charge in [0.1, 0.15) is 0 Å². The summed E-state index contributed by atoms with van der Waals surface area (Å²) >= 11 is 0. The molecule has 1 N–H and O–H groups in total. The van der Waals surface area contributed by atoms with Gasteiger partial charge in [0, 0.05) is 12.3 Å². The van der Waals surface area contributed by atoms with Crippen molar-refractivity contribution in [2.45, 2.75) is 77.2 Å². The third-order valence-corrected chi connectivity index (χ3v) is 9.31. The Labute approximate surface area is 216 Å². The Morgan fingerprint density at radius 3 is 2.39 bits per heavy atom. The van der Waals surface area contributed by atoms with Gasteiger partial charge in [-0.15, -0.1) is 12.3 Å². The van der Waals surface area contributed by atoms with Crippen molar-refractivity contribution in [2.24, 2.45) is 17.3 Å². The lowest BCUT2D eigenvalue weighted by molar-refractivity contribution is -0.114. The minimum atomic E-state index is -0.196. The molecular formula is C34H38O2. The van der Waals surface area contributed by atoms with Gasteiger partial charge in [0.05, 0.1) is 6.10 Å². The number of carbonyl (C=O) groups is 1. The summed E-state index contributed by atoms with van der Waals surface area (Å²) in [6.07, 6.45) is 14.1. The van der Waals surface area contributed by atoms with Crippen molar-refractivity contribution in [3.8, 4) is 12.3 Å². The van der Waals surface area contributed by atoms with Crippen molar-refractivity contribution in [2.75, 3.05) is 0 Å². The van der Waals surface area contributed by atoms with Gasteiger partial charge in [-0.25, -0.2) is 0 Å². The number of carbonyl (C=O) groups excluding carboxylic acids is 1. The van der Waals surface area contributed by atoms with Crippen LogP contribution in [0.1, 0.15) is 81.4 Å². The zero-order valence-electron chi connectivity index (χ0n) is 21.7. The summed E-state index contributed by atoms with van der Waals surface area (Å²) in [6.45, 7) is 4.00. The highest BCUT2D eigenvalue weighted by Crippen LogP contribution is 2.63. The highest BCUT2D eigenvalue weighted by molar-refractivity contribution is 5.93. The number of rotatable bonds is 3. The highest BCUT2D eigenvalue weighted by Gasteiger charge is 2.56. The topological polar surface area (TPSA) is 37.3 Å². The largest absolute Gasteiger partial charge is 0.393 e. The quantitative estimate of drug-likeness (QED) is 0.475. The molecule has 6 rings (SSSR count). The van der Waals surface area contributed by atoms with E-state index in [2.05, 4.69) is 73.9 Å². The molecule has 5 atom stereocenters. The van der Waals surface area contributed by atoms with E-state index in [0.717, 1.165) is 44.9 Å². The lowest BCUT2D eigenvalue weighted by atomic mass is 9.53. The van der Waals surface area contributed by atoms with Gasteiger partial charge in [0.25, 0.3) is 0 Å². The Bertz CT molecular complexity index is 1210. The molecule has 4 aliphatic rings. The van der Waals surface area contributed by atoms with Crippen LogP contribution in [0.25, 0.3) is 0 Å². The molecule has 0 bridgehead atoms. The third kappa shape index (κ3) is 4.51. The summed E-state index contributed by atoms with van der Waals surface area (Å²) in [4.78, 5) is 12.2. The summed E-state index contributed by atoms with van der Waals surface area (Å²) in [5.74, 6) is 4.02. The lowest BCUT2D eigenvalue weighted by Gasteiger charge is -2.52. The minimum absolute atomic E-state index is 0.00614. The molecule has 2 saturated carbocycles. The van der Waals surface area contributed by atoms with Crippen LogP contribution in [0, 0.1) is 29.6 Å². The SMILES string of the molecule is C#CC.CC12CC(c3ccc(Cc4ccccc4)cc3)C3=C4CCC(=O)C=C4CCC3C1CCC2O. The maximum absolute atomic E-state index is 12.2. The van der Waals surface area contributed by atoms with Crippen LogP contribution >= 0.6 is 0 Å². The summed E-state index contributed by atoms with van der Waals surface area (Å²) in [7, 11) is 0. The first-order chi connectivity index (χ1) is 17.4. The standard InChI is InChI=1S/C31H34O2.C3H4/c1-31-19-27(22-9-7-21(8-10-22)17-20-5-3-2-4-6-20)30-25-14-12-24(32)18-23(25)11-13-26(30)28(31)15-16-29(31)33;1-3-2/h2-10,18,26-29,33H,11-17,19H2,1H3;1H,2H3. The van der Waals surface area contributed by atoms with Crippen molar-refractivity contribution in [3.63, 3.8) is 0 Å². The number of ketones is 1. The smallest absolute Gasteiger partial charge is 0.156 e. The van der Waals surface area contributed by atoms with Gasteiger partial charge in [-0.1, -0.05) is 67.1 Å². The van der Waals surface area contributed by atoms with E-state index >= 15 is 0 Å². The van der Waals surface area contributed by atoms with Gasteiger partial charge in [-0.3, -0.25) is 4.79 Å². The molecule has 0 spiro atoms. The van der Waals surface area contributed by atoms with Gasteiger partial charge < -0.3 is 5.11 Å². The fraction of sp³-hybridized carbons (Fsp3) is 0.441. The van der Waals surface area contributed by atoms with Gasteiger partial charge in [0.15, 0.2) is 5.78 Å². The average molecular weight is 479 g/mol. The maximum atomic E-state index is 12.2. The van der Waals surface area contributed by atoms with E-state index in [4.69, 9.17) is 0 Å². The molecule has 2 heteroatoms. The van der Waals surface area contributed by atoms with Crippen molar-refractivity contribution in [1.29, 1.82) is 0 Å². The van der Waals surface area contributed by atoms with E-state index in [1.54, 1.807) is 12.5 Å². The van der Waals surface area contributed by atoms with Gasteiger partial charge in [-0.05, 0) is 103 Å². The number of aliphatic hydroxyl groups excluding tert-OH is 1. The molecule has 186 valence electrons. The van der Waals surface area contributed by atoms with Crippen LogP contribution in [-0.2, 0) is 11.2 Å². The zero-order valence-corrected chi connectivity index (χ0v) is 21.7. The number of hydrogen-bond donors (Lipinski definition) is 1. The molecule has 0 aromatic heterocycles. The zero-order chi connectivity index (χ0) is 25.3. The Morgan fingerprint density at radius 2 is 1.67 bits per heavy atom. The van der Waals surface area contributed by atoms with Crippen molar-refractivity contribution in [3.05, 3.63) is 94.1 Å². The Hall–Kier alpha value is -2.89. The summed E-state index contributed by atoms with van der Waals surface area (Å²) < 4.78 is 0. The van der Waals surface area contributed by atoms with Crippen molar-refractivity contribution in [1.82, 2.24) is 0 Å². The van der Waals surface area contributed by atoms with Gasteiger partial charge in [0.2, 0.25) is 0 Å². The highest BCUT2D eigenvalue weighted by atomic mass is 16.3. The summed E-state index contributed by atoms with van der Waals surface area (Å²) in [6, 6.07) is 19.9. The Balaban J connectivity index is 0.000000848. The van der Waals surface area contributed by atoms with Crippen LogP contribution in [0.2, 0.25) is 0 Å². The second-order valence-electron chi connectivity index (χ2n) is 11.4. The van der Waals surface area contributed by atoms with Crippen LogP contribution < -0.4 is 0 Å². The average Bonchev–Trinajstić information content (AvgIpc) is 3.19. The number of fused-ring (bicyclic) bond motifs is 4. The second-order valence-corrected chi connectivity index (χ2v) is 11.4. The molecule has 36 heavy (non-hydrogen) atoms. The van der Waals surface area contributed by atoms with Crippen LogP contribution in [0.15, 0.2) is 77.4 Å². The Morgan fingerprint density at radius 1 is 0.972 bits per heavy atom. The number of terminal acetylenes is 1. The van der Waals surface area contributed by atoms with Crippen LogP contribution in [-0.4, -0.2) is 17.0 Å². The molecule has 2 aromatic carbocycles. The molecule has 0 aliphatic heterocycles. The van der Waals surface area contributed by atoms with E-state index in [1.165, 1.54) is 27.8 Å². The van der Waals surface area contributed by atoms with Crippen LogP contribution in [0.5, 0.6) is 0 Å². The van der Waals surface area contributed by atoms with Crippen LogP contribution in [0.4, 0.5) is 0 Å². The van der Waals surface area contributed by atoms with Crippen molar-refractivity contribution < 1.29 is 9.90 Å². The molecule has 0 radical (unpaired) electrons. The molecule has 5 unspecified atom stereocenters. The molecular weight excluding hydrogens is 440 g/mol. The fourth-order valence-electron chi connectivity index (χ4n) is 7.63. The third-order valence-electron chi connectivity index (χ3n) is 9.31. The second kappa shape index (κ2) is 10.2. The monoisotopic (exact) mass is 478 g/mol. The van der Waals surface area contributed by atoms with E-state index in [-0.39, 0.29) is 11.5 Å². The molecule has 0 saturated heterocycles. The maximum Gasteiger partial charge on any atom is 0.156 e. The number of allylic oxidation sites excluding steroid dienone is 4. The summed E-state index contributed by atoms with van der Waals surface area (Å²) in [5, 5.41) is 11.0. The molecule has 2 fully saturated rings. The number of benzene rings is 2. The van der Waals surface area contributed by atoms with Gasteiger partial charge >= 0.3 is 0 Å². The minimum Gasteiger partial charge on any atom is -0.393 e. The molecule has 0 heterocycles. The molecule has 4 aliphatic carbocycles. The first kappa shape index (κ1) is 24.8. The summed E-state index contributed by atoms with van der Waals surface area (Å²) in [5.41, 5.74) is 8.48. The normalized spacial score (nSPS) is 30.7. The van der Waals surface area contributed by atoms with E-state index in [1.807, 2.05) is 6.08 Å². The first-order valence-corrected chi connectivity index (χ1v) is 13.6. The fourth-order valence-corrected chi connectivity index (χ4v) is 7.63. The number of hydrogen-bond acceptors (Lipinski definition) is 2. The lowest BCUT2D eigenvalue weighted by Crippen LogP contribution is -2.45. The predicted molar refractivity (Wildman–Crippen MR) is 146 cm³/mol. The van der Waals surface area contributed by atoms with E-state index < -0.39 is 0 Å². The molecule has 2 aromatic rings. The Kier molecular flexibility index (Phi) is 7.05. The van der Waals surface area contributed by atoms with Crippen molar-refractivity contribution >= 4 is 5.78 Å². The van der Waals surface area contributed by atoms with E-state index in [0.29, 0.717) is 30.0 Å². The number of aliphatic hydroxyl groups is 1. The van der Waals surface area contributed by atoms with Gasteiger partial charge in [-0.2, -0.15) is 0 Å². The van der Waals surface area contributed by atoms with E-state index in [9.17, 15) is 9.90 Å². The first-order valence-electron chi connectivity index (χ1n) is 13.6. The predicted octanol–water partition coefficient (Wildman–Crippen LogP) is 7.18. The van der Waals surface area contributed by atoms with Crippen LogP contribution in [0.3, 0.4) is 0 Å².